The summed E-state index contributed by atoms with van der Waals surface area (Å²) in [6.07, 6.45) is 19.6. The molecule has 2 aliphatic rings. The molecule has 1 aromatic heterocycles. The van der Waals surface area contributed by atoms with Gasteiger partial charge in [0, 0.05) is 45.9 Å². The third-order valence-corrected chi connectivity index (χ3v) is 16.4. The van der Waals surface area contributed by atoms with E-state index in [4.69, 9.17) is 14.8 Å². The Bertz CT molecular complexity index is 2590. The predicted molar refractivity (Wildman–Crippen MR) is 277 cm³/mol. The number of aromatic nitrogens is 2. The molecule has 7 rings (SSSR count). The quantitative estimate of drug-likeness (QED) is 0.0354. The van der Waals surface area contributed by atoms with Crippen molar-refractivity contribution < 1.29 is 9.53 Å². The topological polar surface area (TPSA) is 67.7 Å². The number of unbranched alkanes of at least 4 members (excludes halogenated alkanes) is 3. The molecule has 1 aliphatic heterocycles. The van der Waals surface area contributed by atoms with Gasteiger partial charge in [0.05, 0.1) is 7.11 Å². The number of esters is 1. The second kappa shape index (κ2) is 21.7. The van der Waals surface area contributed by atoms with Crippen LogP contribution in [0.15, 0.2) is 139 Å². The maximum Gasteiger partial charge on any atom is 0.319 e. The largest absolute Gasteiger partial charge is 0.468 e. The third-order valence-electron chi connectivity index (χ3n) is 12.9. The fraction of sp³-hybridized carbons (Fsp3) is 0.418. The number of fused-ring (bicyclic) bond motifs is 4. The lowest BCUT2D eigenvalue weighted by Crippen LogP contribution is -2.28. The SMILES string of the molecule is CCCC/N=C(\C=C\C1=C(Sc2nnc(SC(CCCC)C(=O)OC)s2)C(=C/C=C2/N(CCCC)c3ccc4ccccc4c3C2(C)C)/CCC1)C(C)(C)c1cccc2ccccc12. The molecule has 0 amide bonds. The molecular weight excluding hydrogens is 845 g/mol. The van der Waals surface area contributed by atoms with Crippen molar-refractivity contribution in [2.45, 2.75) is 137 Å². The minimum Gasteiger partial charge on any atom is -0.468 e. The number of carbonyl (C=O) groups excluding carboxylic acids is 1. The maximum absolute atomic E-state index is 12.8. The van der Waals surface area contributed by atoms with Gasteiger partial charge in [0.25, 0.3) is 0 Å². The van der Waals surface area contributed by atoms with Crippen molar-refractivity contribution in [3.63, 3.8) is 0 Å². The summed E-state index contributed by atoms with van der Waals surface area (Å²) < 4.78 is 6.86. The minimum atomic E-state index is -0.328. The number of methoxy groups -OCH3 is 1. The van der Waals surface area contributed by atoms with Crippen molar-refractivity contribution in [2.75, 3.05) is 25.1 Å². The summed E-state index contributed by atoms with van der Waals surface area (Å²) in [5.41, 5.74) is 8.54. The molecule has 0 saturated carbocycles. The van der Waals surface area contributed by atoms with Crippen molar-refractivity contribution in [1.29, 1.82) is 0 Å². The molecule has 0 N–H and O–H groups in total. The molecule has 6 nitrogen and oxygen atoms in total. The number of aliphatic imine (C=N–C) groups is 1. The van der Waals surface area contributed by atoms with Gasteiger partial charge in [0.1, 0.15) is 5.25 Å². The zero-order chi connectivity index (χ0) is 45.3. The maximum atomic E-state index is 12.8. The number of rotatable bonds is 19. The molecule has 1 aliphatic carbocycles. The van der Waals surface area contributed by atoms with Crippen molar-refractivity contribution in [2.24, 2.45) is 4.99 Å². The van der Waals surface area contributed by atoms with E-state index in [1.54, 1.807) is 23.1 Å². The number of carbonyl (C=O) groups is 1. The summed E-state index contributed by atoms with van der Waals surface area (Å²) in [5.74, 6) is -0.204. The van der Waals surface area contributed by atoms with Crippen LogP contribution in [0.1, 0.15) is 124 Å². The molecule has 0 radical (unpaired) electrons. The molecular formula is C55H66N4O2S3. The standard InChI is InChI=1S/C55H66N4O2S3/c1-9-12-29-46(51(60)61-8)62-52-57-58-53(64-52)63-50-40(31-34-47(56-36-13-10-2)54(4,5)44-28-20-23-38-21-15-17-26-42(38)44)24-19-25-41(50)32-35-48-55(6,7)49-43-27-18-16-22-39(43)30-33-45(49)59(48)37-14-11-3/h15-18,20-23,26-28,30-35,46H,9-14,19,24-25,29,36-37H2,1-8H3/b34-31+,41-32+,48-35+,56-47+. The molecule has 5 aromatic rings. The molecule has 0 fully saturated rings. The number of thioether (sulfide) groups is 2. The highest BCUT2D eigenvalue weighted by Crippen LogP contribution is 2.51. The Morgan fingerprint density at radius 3 is 2.33 bits per heavy atom. The monoisotopic (exact) mass is 910 g/mol. The molecule has 0 saturated heterocycles. The van der Waals surface area contributed by atoms with Gasteiger partial charge in [-0.05, 0) is 101 Å². The summed E-state index contributed by atoms with van der Waals surface area (Å²) in [4.78, 5) is 21.9. The van der Waals surface area contributed by atoms with Gasteiger partial charge in [-0.15, -0.1) is 10.2 Å². The summed E-state index contributed by atoms with van der Waals surface area (Å²) >= 11 is 4.77. The highest BCUT2D eigenvalue weighted by Gasteiger charge is 2.41. The van der Waals surface area contributed by atoms with Gasteiger partial charge < -0.3 is 9.64 Å². The van der Waals surface area contributed by atoms with E-state index >= 15 is 0 Å². The average Bonchev–Trinajstić information content (AvgIpc) is 3.84. The van der Waals surface area contributed by atoms with E-state index in [0.717, 1.165) is 91.7 Å². The van der Waals surface area contributed by atoms with Gasteiger partial charge in [-0.25, -0.2) is 0 Å². The summed E-state index contributed by atoms with van der Waals surface area (Å²) in [6.45, 7) is 17.9. The number of hydrogen-bond donors (Lipinski definition) is 0. The van der Waals surface area contributed by atoms with Gasteiger partial charge in [-0.2, -0.15) is 0 Å². The van der Waals surface area contributed by atoms with Crippen LogP contribution < -0.4 is 4.90 Å². The fourth-order valence-electron chi connectivity index (χ4n) is 9.27. The Kier molecular flexibility index (Phi) is 16.1. The van der Waals surface area contributed by atoms with Crippen LogP contribution in [0.3, 0.4) is 0 Å². The van der Waals surface area contributed by atoms with E-state index in [1.165, 1.54) is 79.0 Å². The second-order valence-electron chi connectivity index (χ2n) is 18.1. The van der Waals surface area contributed by atoms with Crippen LogP contribution in [-0.2, 0) is 20.4 Å². The Morgan fingerprint density at radius 2 is 1.58 bits per heavy atom. The summed E-state index contributed by atoms with van der Waals surface area (Å²) in [6, 6.07) is 28.8. The van der Waals surface area contributed by atoms with Crippen molar-refractivity contribution >= 4 is 73.8 Å². The molecule has 4 aromatic carbocycles. The number of anilines is 1. The third kappa shape index (κ3) is 10.5. The van der Waals surface area contributed by atoms with E-state index in [0.29, 0.717) is 0 Å². The molecule has 64 heavy (non-hydrogen) atoms. The molecule has 1 unspecified atom stereocenters. The van der Waals surface area contributed by atoms with Crippen LogP contribution in [-0.4, -0.2) is 47.3 Å². The van der Waals surface area contributed by atoms with Crippen molar-refractivity contribution in [1.82, 2.24) is 10.2 Å². The van der Waals surface area contributed by atoms with Gasteiger partial charge in [-0.1, -0.05) is 194 Å². The fourth-order valence-corrected chi connectivity index (χ4v) is 12.8. The van der Waals surface area contributed by atoms with Crippen LogP contribution in [0.25, 0.3) is 21.5 Å². The number of benzene rings is 4. The number of allylic oxidation sites excluding steroid dienone is 7. The zero-order valence-corrected chi connectivity index (χ0v) is 41.7. The highest BCUT2D eigenvalue weighted by molar-refractivity contribution is 8.06. The van der Waals surface area contributed by atoms with E-state index in [1.807, 2.05) is 0 Å². The van der Waals surface area contributed by atoms with Gasteiger partial charge >= 0.3 is 5.97 Å². The second-order valence-corrected chi connectivity index (χ2v) is 21.8. The number of nitrogens with zero attached hydrogens (tertiary/aromatic N) is 4. The minimum absolute atomic E-state index is 0.189. The number of hydrogen-bond acceptors (Lipinski definition) is 9. The van der Waals surface area contributed by atoms with Crippen LogP contribution in [0, 0.1) is 0 Å². The van der Waals surface area contributed by atoms with E-state index in [-0.39, 0.29) is 22.0 Å². The van der Waals surface area contributed by atoms with Crippen LogP contribution >= 0.6 is 34.9 Å². The molecule has 2 heterocycles. The Hall–Kier alpha value is -4.44. The lowest BCUT2D eigenvalue weighted by Gasteiger charge is -2.28. The molecule has 0 spiro atoms. The average molecular weight is 911 g/mol. The number of ether oxygens (including phenoxy) is 1. The smallest absolute Gasteiger partial charge is 0.319 e. The first-order valence-corrected chi connectivity index (χ1v) is 25.9. The lowest BCUT2D eigenvalue weighted by atomic mass is 9.77. The lowest BCUT2D eigenvalue weighted by molar-refractivity contribution is -0.140. The van der Waals surface area contributed by atoms with Crippen LogP contribution in [0.2, 0.25) is 0 Å². The zero-order valence-electron chi connectivity index (χ0n) is 39.2. The molecule has 0 bridgehead atoms. The Labute approximate surface area is 394 Å². The normalized spacial score (nSPS) is 17.4. The Morgan fingerprint density at radius 1 is 0.875 bits per heavy atom. The Balaban J connectivity index is 1.32. The van der Waals surface area contributed by atoms with E-state index in [2.05, 4.69) is 162 Å². The van der Waals surface area contributed by atoms with Gasteiger partial charge in [-0.3, -0.25) is 9.79 Å². The highest BCUT2D eigenvalue weighted by atomic mass is 32.2. The first-order valence-electron chi connectivity index (χ1n) is 23.4. The van der Waals surface area contributed by atoms with Crippen molar-refractivity contribution in [3.05, 3.63) is 136 Å². The van der Waals surface area contributed by atoms with Crippen LogP contribution in [0.5, 0.6) is 0 Å². The summed E-state index contributed by atoms with van der Waals surface area (Å²) in [5, 5.41) is 14.2. The van der Waals surface area contributed by atoms with Gasteiger partial charge in [0.2, 0.25) is 0 Å². The molecule has 336 valence electrons. The first kappa shape index (κ1) is 47.5. The van der Waals surface area contributed by atoms with E-state index < -0.39 is 0 Å². The van der Waals surface area contributed by atoms with Crippen LogP contribution in [0.4, 0.5) is 5.69 Å². The molecule has 9 heteroatoms. The van der Waals surface area contributed by atoms with Gasteiger partial charge in [0.15, 0.2) is 8.68 Å². The molecule has 1 atom stereocenters. The van der Waals surface area contributed by atoms with Crippen molar-refractivity contribution in [3.8, 4) is 0 Å². The predicted octanol–water partition coefficient (Wildman–Crippen LogP) is 15.4. The van der Waals surface area contributed by atoms with E-state index in [9.17, 15) is 4.79 Å². The summed E-state index contributed by atoms with van der Waals surface area (Å²) in [7, 11) is 1.47. The first-order chi connectivity index (χ1) is 31.0.